The Kier molecular flexibility index (Phi) is 5.57. The molecule has 0 aliphatic rings. The van der Waals surface area contributed by atoms with E-state index in [1.165, 1.54) is 19.2 Å². The number of amides is 2. The average Bonchev–Trinajstić information content (AvgIpc) is 2.45. The van der Waals surface area contributed by atoms with Gasteiger partial charge in [-0.15, -0.1) is 0 Å². The van der Waals surface area contributed by atoms with Crippen molar-refractivity contribution in [3.63, 3.8) is 0 Å². The molecular weight excluding hydrogens is 284 g/mol. The van der Waals surface area contributed by atoms with Crippen LogP contribution in [0.4, 0.5) is 5.69 Å². The Morgan fingerprint density at radius 1 is 1.48 bits per heavy atom. The molecule has 0 heterocycles. The van der Waals surface area contributed by atoms with Crippen LogP contribution < -0.4 is 21.7 Å². The number of hydrogen-bond acceptors (Lipinski definition) is 7. The molecule has 10 nitrogen and oxygen atoms in total. The van der Waals surface area contributed by atoms with Crippen molar-refractivity contribution < 1.29 is 24.0 Å². The normalized spacial score (nSPS) is 11.5. The Hall–Kier alpha value is -2.72. The van der Waals surface area contributed by atoms with E-state index in [0.29, 0.717) is 0 Å². The molecule has 21 heavy (non-hydrogen) atoms. The lowest BCUT2D eigenvalue weighted by molar-refractivity contribution is -0.386. The standard InChI is InChI=1S/C11H14N4O6/c1-20-5-9(11(17)14-13)21-8-3-2-6(10(12)16)4-7(8)15(18)19/h2-4,9H,5,13H2,1H3,(H2,12,16)(H,14,17). The van der Waals surface area contributed by atoms with E-state index in [9.17, 15) is 19.7 Å². The fraction of sp³-hybridized carbons (Fsp3) is 0.273. The molecule has 114 valence electrons. The van der Waals surface area contributed by atoms with Crippen LogP contribution in [-0.2, 0) is 9.53 Å². The summed E-state index contributed by atoms with van der Waals surface area (Å²) < 4.78 is 10.0. The second-order valence-corrected chi connectivity index (χ2v) is 3.87. The molecule has 0 radical (unpaired) electrons. The zero-order chi connectivity index (χ0) is 16.0. The first-order chi connectivity index (χ1) is 9.90. The average molecular weight is 298 g/mol. The van der Waals surface area contributed by atoms with Gasteiger partial charge >= 0.3 is 5.69 Å². The summed E-state index contributed by atoms with van der Waals surface area (Å²) in [5.41, 5.74) is 6.35. The second kappa shape index (κ2) is 7.17. The van der Waals surface area contributed by atoms with Crippen molar-refractivity contribution >= 4 is 17.5 Å². The largest absolute Gasteiger partial charge is 0.471 e. The number of methoxy groups -OCH3 is 1. The van der Waals surface area contributed by atoms with Crippen LogP contribution in [-0.4, -0.2) is 36.6 Å². The molecule has 1 aromatic rings. The summed E-state index contributed by atoms with van der Waals surface area (Å²) >= 11 is 0. The first kappa shape index (κ1) is 16.3. The smallest absolute Gasteiger partial charge is 0.311 e. The Labute approximate surface area is 119 Å². The van der Waals surface area contributed by atoms with Gasteiger partial charge in [0.25, 0.3) is 5.91 Å². The summed E-state index contributed by atoms with van der Waals surface area (Å²) in [7, 11) is 1.32. The predicted octanol–water partition coefficient (Wildman–Crippen LogP) is -0.923. The predicted molar refractivity (Wildman–Crippen MR) is 70.2 cm³/mol. The van der Waals surface area contributed by atoms with Gasteiger partial charge in [-0.05, 0) is 12.1 Å². The zero-order valence-corrected chi connectivity index (χ0v) is 11.1. The number of nitro groups is 1. The minimum Gasteiger partial charge on any atom is -0.471 e. The molecule has 1 rings (SSSR count). The lowest BCUT2D eigenvalue weighted by Crippen LogP contribution is -2.44. The van der Waals surface area contributed by atoms with Crippen LogP contribution in [0, 0.1) is 10.1 Å². The summed E-state index contributed by atoms with van der Waals surface area (Å²) in [5.74, 6) is 3.24. The van der Waals surface area contributed by atoms with Crippen LogP contribution in [0.2, 0.25) is 0 Å². The number of carbonyl (C=O) groups is 2. The van der Waals surface area contributed by atoms with Crippen molar-refractivity contribution in [1.82, 2.24) is 5.43 Å². The Balaban J connectivity index is 3.13. The molecule has 0 spiro atoms. The third-order valence-electron chi connectivity index (χ3n) is 2.46. The van der Waals surface area contributed by atoms with Crippen molar-refractivity contribution in [2.24, 2.45) is 11.6 Å². The molecule has 1 unspecified atom stereocenters. The number of ether oxygens (including phenoxy) is 2. The molecule has 0 saturated carbocycles. The summed E-state index contributed by atoms with van der Waals surface area (Å²) in [5, 5.41) is 11.0. The molecule has 0 bridgehead atoms. The van der Waals surface area contributed by atoms with E-state index in [-0.39, 0.29) is 17.9 Å². The molecule has 1 aromatic carbocycles. The van der Waals surface area contributed by atoms with E-state index in [2.05, 4.69) is 0 Å². The van der Waals surface area contributed by atoms with Gasteiger partial charge in [-0.1, -0.05) is 0 Å². The third-order valence-corrected chi connectivity index (χ3v) is 2.46. The van der Waals surface area contributed by atoms with Gasteiger partial charge in [0, 0.05) is 18.7 Å². The minimum absolute atomic E-state index is 0.0550. The SMILES string of the molecule is COCC(Oc1ccc(C(N)=O)cc1[N+](=O)[O-])C(=O)NN. The molecule has 0 saturated heterocycles. The molecule has 0 aromatic heterocycles. The van der Waals surface area contributed by atoms with Gasteiger partial charge in [0.2, 0.25) is 12.0 Å². The molecule has 0 aliphatic carbocycles. The van der Waals surface area contributed by atoms with Crippen molar-refractivity contribution in [2.45, 2.75) is 6.10 Å². The zero-order valence-electron chi connectivity index (χ0n) is 11.1. The van der Waals surface area contributed by atoms with Gasteiger partial charge in [0.05, 0.1) is 11.5 Å². The van der Waals surface area contributed by atoms with Gasteiger partial charge in [0.1, 0.15) is 0 Å². The maximum atomic E-state index is 11.5. The summed E-state index contributed by atoms with van der Waals surface area (Å²) in [6.45, 7) is -0.169. The molecule has 5 N–H and O–H groups in total. The molecule has 0 fully saturated rings. The van der Waals surface area contributed by atoms with E-state index in [4.69, 9.17) is 21.1 Å². The van der Waals surface area contributed by atoms with Crippen LogP contribution in [0.15, 0.2) is 18.2 Å². The first-order valence-electron chi connectivity index (χ1n) is 5.65. The number of carbonyl (C=O) groups excluding carboxylic acids is 2. The van der Waals surface area contributed by atoms with Crippen molar-refractivity contribution in [1.29, 1.82) is 0 Å². The van der Waals surface area contributed by atoms with Crippen molar-refractivity contribution in [2.75, 3.05) is 13.7 Å². The van der Waals surface area contributed by atoms with Crippen molar-refractivity contribution in [3.8, 4) is 5.75 Å². The lowest BCUT2D eigenvalue weighted by Gasteiger charge is -2.16. The first-order valence-corrected chi connectivity index (χ1v) is 5.65. The minimum atomic E-state index is -1.18. The monoisotopic (exact) mass is 298 g/mol. The van der Waals surface area contributed by atoms with E-state index in [1.54, 1.807) is 0 Å². The molecule has 1 atom stereocenters. The molecular formula is C11H14N4O6. The third kappa shape index (κ3) is 4.12. The van der Waals surface area contributed by atoms with Crippen LogP contribution in [0.1, 0.15) is 10.4 Å². The van der Waals surface area contributed by atoms with Crippen LogP contribution >= 0.6 is 0 Å². The van der Waals surface area contributed by atoms with Crippen molar-refractivity contribution in [3.05, 3.63) is 33.9 Å². The van der Waals surface area contributed by atoms with Gasteiger partial charge in [-0.25, -0.2) is 5.84 Å². The maximum absolute atomic E-state index is 11.5. The van der Waals surface area contributed by atoms with Crippen LogP contribution in [0.25, 0.3) is 0 Å². The molecule has 2 amide bonds. The van der Waals surface area contributed by atoms with Crippen LogP contribution in [0.5, 0.6) is 5.75 Å². The summed E-state index contributed by atoms with van der Waals surface area (Å²) in [6.07, 6.45) is -1.18. The highest BCUT2D eigenvalue weighted by atomic mass is 16.6. The highest BCUT2D eigenvalue weighted by molar-refractivity contribution is 5.93. The number of nitrogens with two attached hydrogens (primary N) is 2. The van der Waals surface area contributed by atoms with E-state index in [0.717, 1.165) is 6.07 Å². The topological polar surface area (TPSA) is 160 Å². The van der Waals surface area contributed by atoms with Gasteiger partial charge in [-0.3, -0.25) is 25.1 Å². The number of hydrogen-bond donors (Lipinski definition) is 3. The highest BCUT2D eigenvalue weighted by Gasteiger charge is 2.25. The fourth-order valence-corrected chi connectivity index (χ4v) is 1.47. The highest BCUT2D eigenvalue weighted by Crippen LogP contribution is 2.28. The number of benzene rings is 1. The Morgan fingerprint density at radius 2 is 2.14 bits per heavy atom. The second-order valence-electron chi connectivity index (χ2n) is 3.87. The molecule has 0 aliphatic heterocycles. The van der Waals surface area contributed by atoms with Gasteiger partial charge in [0.15, 0.2) is 5.75 Å². The number of rotatable bonds is 7. The lowest BCUT2D eigenvalue weighted by atomic mass is 10.2. The summed E-state index contributed by atoms with van der Waals surface area (Å²) in [4.78, 5) is 32.7. The number of nitrogens with zero attached hydrogens (tertiary/aromatic N) is 1. The number of nitro benzene ring substituents is 1. The Morgan fingerprint density at radius 3 is 2.62 bits per heavy atom. The number of hydrazine groups is 1. The van der Waals surface area contributed by atoms with E-state index in [1.807, 2.05) is 5.43 Å². The van der Waals surface area contributed by atoms with Crippen LogP contribution in [0.3, 0.4) is 0 Å². The van der Waals surface area contributed by atoms with E-state index < -0.39 is 28.5 Å². The van der Waals surface area contributed by atoms with Gasteiger partial charge < -0.3 is 15.2 Å². The number of nitrogens with one attached hydrogen (secondary N) is 1. The molecule has 10 heteroatoms. The quantitative estimate of drug-likeness (QED) is 0.254. The van der Waals surface area contributed by atoms with E-state index >= 15 is 0 Å². The summed E-state index contributed by atoms with van der Waals surface area (Å²) in [6, 6.07) is 3.38. The van der Waals surface area contributed by atoms with Gasteiger partial charge in [-0.2, -0.15) is 0 Å². The number of primary amides is 1. The fourth-order valence-electron chi connectivity index (χ4n) is 1.47. The maximum Gasteiger partial charge on any atom is 0.311 e. The Bertz CT molecular complexity index is 562.